The van der Waals surface area contributed by atoms with E-state index in [1.54, 1.807) is 0 Å². The van der Waals surface area contributed by atoms with Crippen LogP contribution in [0.4, 0.5) is 8.78 Å². The first-order valence-corrected chi connectivity index (χ1v) is 11.2. The van der Waals surface area contributed by atoms with Crippen molar-refractivity contribution in [3.8, 4) is 11.8 Å². The number of rotatable bonds is 2. The molecular weight excluding hydrogens is 326 g/mol. The molecule has 0 spiro atoms. The van der Waals surface area contributed by atoms with Gasteiger partial charge in [0, 0.05) is 5.92 Å². The third-order valence-corrected chi connectivity index (χ3v) is 7.74. The number of hydrogen-bond acceptors (Lipinski definition) is 0. The predicted molar refractivity (Wildman–Crippen MR) is 105 cm³/mol. The van der Waals surface area contributed by atoms with Crippen molar-refractivity contribution < 1.29 is 8.78 Å². The van der Waals surface area contributed by atoms with Gasteiger partial charge in [-0.25, -0.2) is 8.78 Å². The fraction of sp³-hybridized carbons (Fsp3) is 0.917. The lowest BCUT2D eigenvalue weighted by Gasteiger charge is -2.36. The van der Waals surface area contributed by atoms with Crippen molar-refractivity contribution in [1.29, 1.82) is 0 Å². The Morgan fingerprint density at radius 2 is 1.27 bits per heavy atom. The SMILES string of the molecule is CC1CCC(C2CCC(C#CC3CCC(C(C)C)C(F)C3F)CC2)CC1. The summed E-state index contributed by atoms with van der Waals surface area (Å²) in [5.41, 5.74) is 0. The number of hydrogen-bond donors (Lipinski definition) is 0. The molecule has 3 fully saturated rings. The first kappa shape index (κ1) is 20.2. The third kappa shape index (κ3) is 4.82. The molecule has 0 aromatic carbocycles. The largest absolute Gasteiger partial charge is 0.244 e. The van der Waals surface area contributed by atoms with E-state index in [1.807, 2.05) is 13.8 Å². The monoisotopic (exact) mass is 364 g/mol. The Hall–Kier alpha value is -0.580. The molecule has 0 radical (unpaired) electrons. The second-order valence-corrected chi connectivity index (χ2v) is 9.90. The molecule has 0 aromatic rings. The molecule has 3 saturated carbocycles. The molecule has 0 amide bonds. The minimum absolute atomic E-state index is 0.128. The maximum Gasteiger partial charge on any atom is 0.145 e. The van der Waals surface area contributed by atoms with Crippen LogP contribution in [0.1, 0.15) is 85.0 Å². The van der Waals surface area contributed by atoms with Crippen LogP contribution >= 0.6 is 0 Å². The van der Waals surface area contributed by atoms with Gasteiger partial charge in [0.2, 0.25) is 0 Å². The molecule has 26 heavy (non-hydrogen) atoms. The molecule has 4 unspecified atom stereocenters. The summed E-state index contributed by atoms with van der Waals surface area (Å²) in [6.45, 7) is 6.39. The summed E-state index contributed by atoms with van der Waals surface area (Å²) in [6.07, 6.45) is 9.38. The van der Waals surface area contributed by atoms with Gasteiger partial charge in [0.15, 0.2) is 0 Å². The molecule has 0 saturated heterocycles. The van der Waals surface area contributed by atoms with Gasteiger partial charge in [-0.15, -0.1) is 0 Å². The molecule has 0 bridgehead atoms. The smallest absolute Gasteiger partial charge is 0.145 e. The van der Waals surface area contributed by atoms with Gasteiger partial charge >= 0.3 is 0 Å². The minimum atomic E-state index is -1.38. The van der Waals surface area contributed by atoms with Crippen LogP contribution in [-0.4, -0.2) is 12.3 Å². The molecule has 0 aromatic heterocycles. The van der Waals surface area contributed by atoms with Crippen molar-refractivity contribution >= 4 is 0 Å². The van der Waals surface area contributed by atoms with Crippen molar-refractivity contribution in [2.24, 2.45) is 41.4 Å². The first-order valence-electron chi connectivity index (χ1n) is 11.2. The Balaban J connectivity index is 1.46. The molecule has 3 aliphatic carbocycles. The Morgan fingerprint density at radius 1 is 0.692 bits per heavy atom. The Labute approximate surface area is 159 Å². The van der Waals surface area contributed by atoms with Gasteiger partial charge in [-0.1, -0.05) is 45.5 Å². The van der Waals surface area contributed by atoms with Crippen LogP contribution in [-0.2, 0) is 0 Å². The zero-order chi connectivity index (χ0) is 18.7. The van der Waals surface area contributed by atoms with Crippen LogP contribution in [0.2, 0.25) is 0 Å². The van der Waals surface area contributed by atoms with Crippen molar-refractivity contribution in [2.45, 2.75) is 97.3 Å². The van der Waals surface area contributed by atoms with Crippen LogP contribution in [0, 0.1) is 53.3 Å². The van der Waals surface area contributed by atoms with E-state index >= 15 is 0 Å². The standard InChI is InChI=1S/C24H38F2/c1-16(2)22-15-14-21(23(25)24(22)26)13-8-18-6-11-20(12-7-18)19-9-4-17(3)5-10-19/h16-24H,4-7,9-12,14-15H2,1-3H3. The molecule has 148 valence electrons. The van der Waals surface area contributed by atoms with Gasteiger partial charge in [0.25, 0.3) is 0 Å². The quantitative estimate of drug-likeness (QED) is 0.464. The summed E-state index contributed by atoms with van der Waals surface area (Å²) in [7, 11) is 0. The average Bonchev–Trinajstić information content (AvgIpc) is 2.64. The van der Waals surface area contributed by atoms with Gasteiger partial charge in [0.1, 0.15) is 12.3 Å². The van der Waals surface area contributed by atoms with E-state index in [2.05, 4.69) is 18.8 Å². The zero-order valence-corrected chi connectivity index (χ0v) is 17.0. The lowest BCUT2D eigenvalue weighted by Crippen LogP contribution is -2.39. The molecule has 4 atom stereocenters. The molecule has 0 nitrogen and oxygen atoms in total. The highest BCUT2D eigenvalue weighted by atomic mass is 19.2. The zero-order valence-electron chi connectivity index (χ0n) is 17.0. The number of alkyl halides is 2. The highest BCUT2D eigenvalue weighted by Gasteiger charge is 2.40. The molecule has 2 heteroatoms. The van der Waals surface area contributed by atoms with Gasteiger partial charge in [-0.05, 0) is 81.0 Å². The highest BCUT2D eigenvalue weighted by Crippen LogP contribution is 2.41. The average molecular weight is 365 g/mol. The van der Waals surface area contributed by atoms with Gasteiger partial charge in [0.05, 0.1) is 5.92 Å². The van der Waals surface area contributed by atoms with Crippen LogP contribution in [0.5, 0.6) is 0 Å². The van der Waals surface area contributed by atoms with E-state index in [0.29, 0.717) is 5.92 Å². The number of halogens is 2. The first-order chi connectivity index (χ1) is 12.5. The summed E-state index contributed by atoms with van der Waals surface area (Å²) in [6, 6.07) is 0. The van der Waals surface area contributed by atoms with E-state index in [1.165, 1.54) is 51.4 Å². The Bertz CT molecular complexity index is 486. The van der Waals surface area contributed by atoms with E-state index in [0.717, 1.165) is 30.6 Å². The maximum absolute atomic E-state index is 14.5. The van der Waals surface area contributed by atoms with E-state index in [4.69, 9.17) is 0 Å². The van der Waals surface area contributed by atoms with Crippen molar-refractivity contribution in [2.75, 3.05) is 0 Å². The highest BCUT2D eigenvalue weighted by molar-refractivity contribution is 5.12. The lowest BCUT2D eigenvalue weighted by molar-refractivity contribution is 0.0228. The fourth-order valence-electron chi connectivity index (χ4n) is 5.72. The van der Waals surface area contributed by atoms with Crippen LogP contribution in [0.3, 0.4) is 0 Å². The molecule has 3 rings (SSSR count). The molecule has 0 heterocycles. The molecular formula is C24H38F2. The van der Waals surface area contributed by atoms with Crippen LogP contribution < -0.4 is 0 Å². The van der Waals surface area contributed by atoms with Crippen molar-refractivity contribution in [3.05, 3.63) is 0 Å². The topological polar surface area (TPSA) is 0 Å². The van der Waals surface area contributed by atoms with Gasteiger partial charge in [-0.3, -0.25) is 0 Å². The summed E-state index contributed by atoms with van der Waals surface area (Å²) in [5.74, 6) is 9.41. The third-order valence-electron chi connectivity index (χ3n) is 7.74. The van der Waals surface area contributed by atoms with Crippen LogP contribution in [0.25, 0.3) is 0 Å². The second kappa shape index (κ2) is 9.07. The van der Waals surface area contributed by atoms with E-state index in [9.17, 15) is 8.78 Å². The van der Waals surface area contributed by atoms with E-state index in [-0.39, 0.29) is 17.8 Å². The normalized spacial score (nSPS) is 44.4. The summed E-state index contributed by atoms with van der Waals surface area (Å²) in [4.78, 5) is 0. The molecule has 0 N–H and O–H groups in total. The minimum Gasteiger partial charge on any atom is -0.244 e. The lowest BCUT2D eigenvalue weighted by atomic mass is 9.69. The van der Waals surface area contributed by atoms with Crippen molar-refractivity contribution in [3.63, 3.8) is 0 Å². The summed E-state index contributed by atoms with van der Waals surface area (Å²) in [5, 5.41) is 0. The Kier molecular flexibility index (Phi) is 7.04. The van der Waals surface area contributed by atoms with Crippen molar-refractivity contribution in [1.82, 2.24) is 0 Å². The maximum atomic E-state index is 14.5. The van der Waals surface area contributed by atoms with Gasteiger partial charge in [-0.2, -0.15) is 0 Å². The Morgan fingerprint density at radius 3 is 1.85 bits per heavy atom. The predicted octanol–water partition coefficient (Wildman–Crippen LogP) is 6.98. The molecule has 0 aliphatic heterocycles. The molecule has 3 aliphatic rings. The van der Waals surface area contributed by atoms with Gasteiger partial charge < -0.3 is 0 Å². The summed E-state index contributed by atoms with van der Waals surface area (Å²) >= 11 is 0. The van der Waals surface area contributed by atoms with Crippen LogP contribution in [0.15, 0.2) is 0 Å². The second-order valence-electron chi connectivity index (χ2n) is 9.90. The fourth-order valence-corrected chi connectivity index (χ4v) is 5.72. The van der Waals surface area contributed by atoms with E-state index < -0.39 is 12.3 Å². The summed E-state index contributed by atoms with van der Waals surface area (Å²) < 4.78 is 28.8.